The van der Waals surface area contributed by atoms with Crippen molar-refractivity contribution in [1.29, 1.82) is 0 Å². The summed E-state index contributed by atoms with van der Waals surface area (Å²) in [5, 5.41) is 15.0. The van der Waals surface area contributed by atoms with Crippen molar-refractivity contribution in [3.05, 3.63) is 35.9 Å². The number of carbonyl (C=O) groups is 3. The minimum Gasteiger partial charge on any atom is -0.477 e. The lowest BCUT2D eigenvalue weighted by Crippen LogP contribution is -2.80. The highest BCUT2D eigenvalue weighted by atomic mass is 16.6. The zero-order valence-electron chi connectivity index (χ0n) is 23.5. The van der Waals surface area contributed by atoms with Crippen LogP contribution >= 0.6 is 0 Å². The minimum atomic E-state index is -1.12. The molecule has 1 saturated carbocycles. The number of aliphatic hydroxyl groups is 1. The molecule has 2 aliphatic carbocycles. The van der Waals surface area contributed by atoms with Crippen molar-refractivity contribution in [2.75, 3.05) is 40.3 Å². The quantitative estimate of drug-likeness (QED) is 0.420. The van der Waals surface area contributed by atoms with Crippen LogP contribution in [0.25, 0.3) is 0 Å². The largest absolute Gasteiger partial charge is 0.477 e. The number of nitrogens with one attached hydrogen (secondary N) is 1. The van der Waals surface area contributed by atoms with Gasteiger partial charge in [-0.15, -0.1) is 0 Å². The van der Waals surface area contributed by atoms with Gasteiger partial charge in [0.15, 0.2) is 23.4 Å². The number of ketones is 1. The molecule has 39 heavy (non-hydrogen) atoms. The van der Waals surface area contributed by atoms with E-state index in [2.05, 4.69) is 18.9 Å². The Bertz CT molecular complexity index is 1230. The third-order valence-electron chi connectivity index (χ3n) is 9.06. The molecule has 212 valence electrons. The number of benzene rings is 1. The van der Waals surface area contributed by atoms with Crippen molar-refractivity contribution in [3.8, 4) is 11.5 Å². The Labute approximate surface area is 229 Å². The maximum atomic E-state index is 13.2. The van der Waals surface area contributed by atoms with Gasteiger partial charge in [0.2, 0.25) is 0 Å². The summed E-state index contributed by atoms with van der Waals surface area (Å²) in [6, 6.07) is 3.56. The minimum absolute atomic E-state index is 0.0232. The second kappa shape index (κ2) is 9.23. The smallest absolute Gasteiger partial charge is 0.415 e. The van der Waals surface area contributed by atoms with Crippen LogP contribution in [0.3, 0.4) is 0 Å². The van der Waals surface area contributed by atoms with E-state index in [1.165, 1.54) is 4.90 Å². The number of quaternary nitrogens is 1. The molecule has 2 heterocycles. The Balaban J connectivity index is 1.39. The molecule has 2 fully saturated rings. The predicted octanol–water partition coefficient (Wildman–Crippen LogP) is 2.70. The van der Waals surface area contributed by atoms with E-state index in [1.807, 2.05) is 12.1 Å². The molecule has 5 atom stereocenters. The zero-order chi connectivity index (χ0) is 28.4. The standard InChI is InChI=1S/C29H39N3O7/c1-7-15-32(6)16-12-28-22-18-8-9-20(37-26(35)31(5)14-13-30-25(34)39-27(2,3)4)23(22)38-24(28)19(33)10-11-29(28,36)21(32)17-18/h7-9,21,24,36H,1,10-17H2,2-6H3/p+1/t21-,24+,28+,29-,32-/m1/s1. The fourth-order valence-electron chi connectivity index (χ4n) is 7.32. The number of carbonyl (C=O) groups excluding carboxylic acids is 3. The van der Waals surface area contributed by atoms with Crippen molar-refractivity contribution in [1.82, 2.24) is 10.2 Å². The van der Waals surface area contributed by atoms with Gasteiger partial charge in [-0.2, -0.15) is 0 Å². The van der Waals surface area contributed by atoms with E-state index in [9.17, 15) is 19.5 Å². The summed E-state index contributed by atoms with van der Waals surface area (Å²) >= 11 is 0. The Morgan fingerprint density at radius 3 is 2.77 bits per heavy atom. The molecular weight excluding hydrogens is 502 g/mol. The Morgan fingerprint density at radius 1 is 1.33 bits per heavy atom. The number of hydrogen-bond donors (Lipinski definition) is 2. The fraction of sp³-hybridized carbons (Fsp3) is 0.621. The van der Waals surface area contributed by atoms with Crippen molar-refractivity contribution in [2.45, 2.75) is 75.2 Å². The number of likely N-dealkylation sites (N-methyl/N-ethyl adjacent to an activating group) is 2. The lowest BCUT2D eigenvalue weighted by atomic mass is 9.48. The molecule has 2 N–H and O–H groups in total. The number of nitrogens with zero attached hydrogens (tertiary/aromatic N) is 2. The first-order valence-electron chi connectivity index (χ1n) is 13.7. The number of rotatable bonds is 6. The van der Waals surface area contributed by atoms with Crippen LogP contribution in [-0.4, -0.2) is 96.1 Å². The number of ether oxygens (including phenoxy) is 3. The highest BCUT2D eigenvalue weighted by Gasteiger charge is 2.76. The summed E-state index contributed by atoms with van der Waals surface area (Å²) in [7, 11) is 3.73. The van der Waals surface area contributed by atoms with Crippen LogP contribution < -0.4 is 14.8 Å². The topological polar surface area (TPSA) is 114 Å². The highest BCUT2D eigenvalue weighted by molar-refractivity contribution is 5.90. The first-order valence-corrected chi connectivity index (χ1v) is 13.7. The van der Waals surface area contributed by atoms with Crippen LogP contribution in [0.1, 0.15) is 51.2 Å². The summed E-state index contributed by atoms with van der Waals surface area (Å²) in [5.41, 5.74) is -0.744. The van der Waals surface area contributed by atoms with Crippen LogP contribution in [-0.2, 0) is 21.4 Å². The summed E-state index contributed by atoms with van der Waals surface area (Å²) < 4.78 is 18.0. The van der Waals surface area contributed by atoms with Gasteiger partial charge in [-0.1, -0.05) is 12.6 Å². The molecule has 1 aromatic rings. The highest BCUT2D eigenvalue weighted by Crippen LogP contribution is 2.65. The van der Waals surface area contributed by atoms with Crippen LogP contribution in [0.4, 0.5) is 9.59 Å². The van der Waals surface area contributed by atoms with Gasteiger partial charge in [-0.25, -0.2) is 9.59 Å². The van der Waals surface area contributed by atoms with E-state index in [0.717, 1.165) is 24.2 Å². The van der Waals surface area contributed by atoms with Crippen molar-refractivity contribution >= 4 is 18.0 Å². The average molecular weight is 543 g/mol. The molecule has 1 spiro atoms. The molecule has 2 amide bonds. The molecule has 2 aliphatic heterocycles. The number of Topliss-reactive ketones (excluding diaryl/α,β-unsaturated/α-hetero) is 1. The first-order chi connectivity index (χ1) is 18.3. The SMILES string of the molecule is C=CC[N@+]1(C)CC[C@]23c4c5ccc(OC(=O)N(C)CCNC(=O)OC(C)(C)C)c4O[C@H]2C(=O)CC[C@@]3(O)[C@H]1C5. The van der Waals surface area contributed by atoms with Crippen LogP contribution in [0.2, 0.25) is 0 Å². The van der Waals surface area contributed by atoms with Crippen LogP contribution in [0.5, 0.6) is 11.5 Å². The van der Waals surface area contributed by atoms with Gasteiger partial charge < -0.3 is 34.0 Å². The lowest BCUT2D eigenvalue weighted by molar-refractivity contribution is -0.944. The van der Waals surface area contributed by atoms with Gasteiger partial charge in [0.1, 0.15) is 17.2 Å². The maximum Gasteiger partial charge on any atom is 0.415 e. The van der Waals surface area contributed by atoms with E-state index < -0.39 is 34.9 Å². The number of likely N-dealkylation sites (tertiary alicyclic amines) is 1. The number of alkyl carbamates (subject to hydrolysis) is 1. The monoisotopic (exact) mass is 542 g/mol. The second-order valence-corrected chi connectivity index (χ2v) is 12.6. The first kappa shape index (κ1) is 27.5. The van der Waals surface area contributed by atoms with E-state index in [-0.39, 0.29) is 37.1 Å². The Kier molecular flexibility index (Phi) is 6.50. The summed E-state index contributed by atoms with van der Waals surface area (Å²) in [5.74, 6) is 0.597. The van der Waals surface area contributed by atoms with E-state index in [1.54, 1.807) is 33.9 Å². The lowest BCUT2D eigenvalue weighted by Gasteiger charge is -2.64. The molecule has 10 heteroatoms. The number of amides is 2. The third-order valence-corrected chi connectivity index (χ3v) is 9.06. The van der Waals surface area contributed by atoms with Gasteiger partial charge in [0.05, 0.1) is 25.6 Å². The Hall–Kier alpha value is -3.11. The van der Waals surface area contributed by atoms with Gasteiger partial charge in [-0.3, -0.25) is 4.79 Å². The molecule has 0 aromatic heterocycles. The summed E-state index contributed by atoms with van der Waals surface area (Å²) in [4.78, 5) is 39.4. The van der Waals surface area contributed by atoms with E-state index >= 15 is 0 Å². The van der Waals surface area contributed by atoms with Crippen LogP contribution in [0.15, 0.2) is 24.8 Å². The second-order valence-electron chi connectivity index (χ2n) is 12.6. The van der Waals surface area contributed by atoms with Crippen LogP contribution in [0, 0.1) is 0 Å². The average Bonchev–Trinajstić information content (AvgIpc) is 3.20. The van der Waals surface area contributed by atoms with Gasteiger partial charge >= 0.3 is 12.2 Å². The Morgan fingerprint density at radius 2 is 2.08 bits per heavy atom. The molecule has 5 rings (SSSR count). The van der Waals surface area contributed by atoms with Gasteiger partial charge in [0.25, 0.3) is 0 Å². The van der Waals surface area contributed by atoms with Gasteiger partial charge in [-0.05, 0) is 44.9 Å². The molecule has 0 unspecified atom stereocenters. The number of hydrogen-bond acceptors (Lipinski definition) is 7. The third kappa shape index (κ3) is 4.19. The molecule has 1 aromatic carbocycles. The summed E-state index contributed by atoms with van der Waals surface area (Å²) in [6.45, 7) is 11.2. The molecule has 1 saturated heterocycles. The predicted molar refractivity (Wildman–Crippen MR) is 143 cm³/mol. The molecule has 10 nitrogen and oxygen atoms in total. The molecular formula is C29H40N3O7+. The van der Waals surface area contributed by atoms with E-state index in [4.69, 9.17) is 14.2 Å². The van der Waals surface area contributed by atoms with Crippen molar-refractivity contribution in [2.24, 2.45) is 0 Å². The van der Waals surface area contributed by atoms with Crippen molar-refractivity contribution in [3.63, 3.8) is 0 Å². The number of piperidine rings is 1. The molecule has 2 bridgehead atoms. The molecule has 0 radical (unpaired) electrons. The summed E-state index contributed by atoms with van der Waals surface area (Å²) in [6.07, 6.45) is 1.78. The van der Waals surface area contributed by atoms with Gasteiger partial charge in [0, 0.05) is 45.0 Å². The zero-order valence-corrected chi connectivity index (χ0v) is 23.5. The fourth-order valence-corrected chi connectivity index (χ4v) is 7.32. The maximum absolute atomic E-state index is 13.2. The normalized spacial score (nSPS) is 32.0. The molecule has 4 aliphatic rings. The van der Waals surface area contributed by atoms with Crippen molar-refractivity contribution < 1.29 is 38.2 Å². The van der Waals surface area contributed by atoms with E-state index in [0.29, 0.717) is 29.5 Å².